The summed E-state index contributed by atoms with van der Waals surface area (Å²) in [5.41, 5.74) is 4.30. The highest BCUT2D eigenvalue weighted by Crippen LogP contribution is 2.27. The number of imidazole rings is 1. The largest absolute Gasteiger partial charge is 0.493 e. The number of methoxy groups -OCH3 is 2. The van der Waals surface area contributed by atoms with E-state index in [2.05, 4.69) is 10.3 Å². The Morgan fingerprint density at radius 3 is 2.57 bits per heavy atom. The summed E-state index contributed by atoms with van der Waals surface area (Å²) < 4.78 is 12.5. The van der Waals surface area contributed by atoms with Crippen molar-refractivity contribution in [2.45, 2.75) is 6.42 Å². The lowest BCUT2D eigenvalue weighted by Gasteiger charge is -2.10. The van der Waals surface area contributed by atoms with Gasteiger partial charge in [-0.15, -0.1) is 0 Å². The van der Waals surface area contributed by atoms with Gasteiger partial charge in [0.05, 0.1) is 19.9 Å². The summed E-state index contributed by atoms with van der Waals surface area (Å²) in [6.07, 6.45) is 4.51. The van der Waals surface area contributed by atoms with Gasteiger partial charge in [0.15, 0.2) is 11.5 Å². The molecule has 6 nitrogen and oxygen atoms in total. The first-order valence-electron chi connectivity index (χ1n) is 9.71. The maximum absolute atomic E-state index is 12.6. The average molecular weight is 401 g/mol. The van der Waals surface area contributed by atoms with Crippen molar-refractivity contribution in [2.24, 2.45) is 0 Å². The molecule has 1 N–H and O–H groups in total. The monoisotopic (exact) mass is 401 g/mol. The first-order chi connectivity index (χ1) is 14.7. The zero-order valence-corrected chi connectivity index (χ0v) is 17.0. The molecule has 152 valence electrons. The number of nitrogens with zero attached hydrogens (tertiary/aromatic N) is 2. The summed E-state index contributed by atoms with van der Waals surface area (Å²) in [5, 5.41) is 2.97. The number of carbonyl (C=O) groups is 1. The predicted octanol–water partition coefficient (Wildman–Crippen LogP) is 3.99. The summed E-state index contributed by atoms with van der Waals surface area (Å²) in [6.45, 7) is 0.517. The summed E-state index contributed by atoms with van der Waals surface area (Å²) >= 11 is 0. The van der Waals surface area contributed by atoms with Crippen LogP contribution >= 0.6 is 0 Å². The van der Waals surface area contributed by atoms with Crippen LogP contribution in [0.25, 0.3) is 16.9 Å². The fourth-order valence-electron chi connectivity index (χ4n) is 3.33. The van der Waals surface area contributed by atoms with E-state index in [1.807, 2.05) is 65.3 Å². The van der Waals surface area contributed by atoms with Gasteiger partial charge in [-0.25, -0.2) is 4.98 Å². The van der Waals surface area contributed by atoms with Gasteiger partial charge in [0.2, 0.25) is 0 Å². The summed E-state index contributed by atoms with van der Waals surface area (Å²) in [7, 11) is 3.22. The Kier molecular flexibility index (Phi) is 5.66. The molecule has 0 aliphatic heterocycles. The predicted molar refractivity (Wildman–Crippen MR) is 116 cm³/mol. The van der Waals surface area contributed by atoms with Gasteiger partial charge in [-0.05, 0) is 36.2 Å². The number of nitrogens with one attached hydrogen (secondary N) is 1. The molecule has 4 aromatic rings. The van der Waals surface area contributed by atoms with Crippen LogP contribution in [0.1, 0.15) is 15.9 Å². The molecule has 0 saturated heterocycles. The summed E-state index contributed by atoms with van der Waals surface area (Å²) in [4.78, 5) is 17.2. The quantitative estimate of drug-likeness (QED) is 0.509. The molecule has 30 heavy (non-hydrogen) atoms. The minimum Gasteiger partial charge on any atom is -0.493 e. The van der Waals surface area contributed by atoms with Gasteiger partial charge in [-0.1, -0.05) is 36.4 Å². The van der Waals surface area contributed by atoms with Gasteiger partial charge in [0, 0.05) is 30.1 Å². The molecule has 4 rings (SSSR count). The van der Waals surface area contributed by atoms with Crippen molar-refractivity contribution in [1.82, 2.24) is 14.7 Å². The van der Waals surface area contributed by atoms with E-state index >= 15 is 0 Å². The van der Waals surface area contributed by atoms with Crippen LogP contribution in [0.15, 0.2) is 73.1 Å². The molecule has 0 fully saturated rings. The first kappa shape index (κ1) is 19.5. The smallest absolute Gasteiger partial charge is 0.251 e. The van der Waals surface area contributed by atoms with E-state index in [0.717, 1.165) is 22.5 Å². The molecule has 0 saturated carbocycles. The van der Waals surface area contributed by atoms with Crippen molar-refractivity contribution < 1.29 is 14.3 Å². The van der Waals surface area contributed by atoms with E-state index in [4.69, 9.17) is 9.47 Å². The topological polar surface area (TPSA) is 64.9 Å². The van der Waals surface area contributed by atoms with Gasteiger partial charge >= 0.3 is 0 Å². The van der Waals surface area contributed by atoms with Gasteiger partial charge < -0.3 is 19.2 Å². The van der Waals surface area contributed by atoms with Crippen LogP contribution in [-0.2, 0) is 6.42 Å². The highest BCUT2D eigenvalue weighted by atomic mass is 16.5. The number of ether oxygens (including phenoxy) is 2. The number of carbonyl (C=O) groups excluding carboxylic acids is 1. The van der Waals surface area contributed by atoms with Crippen LogP contribution in [0.3, 0.4) is 0 Å². The Hall–Kier alpha value is -3.80. The van der Waals surface area contributed by atoms with Gasteiger partial charge in [0.25, 0.3) is 5.91 Å². The Labute approximate surface area is 175 Å². The second kappa shape index (κ2) is 8.69. The van der Waals surface area contributed by atoms with Crippen molar-refractivity contribution in [3.8, 4) is 22.8 Å². The lowest BCUT2D eigenvalue weighted by Crippen LogP contribution is -2.25. The molecule has 0 aliphatic carbocycles. The lowest BCUT2D eigenvalue weighted by molar-refractivity contribution is 0.0954. The molecule has 2 aromatic carbocycles. The zero-order chi connectivity index (χ0) is 20.9. The van der Waals surface area contributed by atoms with Crippen molar-refractivity contribution in [3.05, 3.63) is 84.2 Å². The minimum atomic E-state index is -0.123. The third-order valence-electron chi connectivity index (χ3n) is 4.94. The van der Waals surface area contributed by atoms with Crippen LogP contribution < -0.4 is 14.8 Å². The minimum absolute atomic E-state index is 0.123. The highest BCUT2D eigenvalue weighted by molar-refractivity contribution is 5.95. The van der Waals surface area contributed by atoms with Crippen LogP contribution in [0.2, 0.25) is 0 Å². The van der Waals surface area contributed by atoms with Crippen molar-refractivity contribution in [1.29, 1.82) is 0 Å². The van der Waals surface area contributed by atoms with Gasteiger partial charge in [0.1, 0.15) is 5.65 Å². The molecule has 0 atom stereocenters. The van der Waals surface area contributed by atoms with Crippen LogP contribution in [0, 0.1) is 0 Å². The number of amides is 1. The zero-order valence-electron chi connectivity index (χ0n) is 17.0. The van der Waals surface area contributed by atoms with E-state index in [0.29, 0.717) is 30.0 Å². The fraction of sp³-hybridized carbons (Fsp3) is 0.167. The molecule has 2 aromatic heterocycles. The molecule has 0 aliphatic rings. The highest BCUT2D eigenvalue weighted by Gasteiger charge is 2.10. The molecular weight excluding hydrogens is 378 g/mol. The number of pyridine rings is 1. The lowest BCUT2D eigenvalue weighted by atomic mass is 10.1. The molecule has 0 bridgehead atoms. The normalized spacial score (nSPS) is 10.7. The third-order valence-corrected chi connectivity index (χ3v) is 4.94. The van der Waals surface area contributed by atoms with Crippen molar-refractivity contribution in [2.75, 3.05) is 20.8 Å². The Morgan fingerprint density at radius 2 is 1.80 bits per heavy atom. The summed E-state index contributed by atoms with van der Waals surface area (Å²) in [5.74, 6) is 1.25. The molecule has 0 radical (unpaired) electrons. The third kappa shape index (κ3) is 4.12. The number of aromatic nitrogens is 2. The Balaban J connectivity index is 1.42. The van der Waals surface area contributed by atoms with Crippen LogP contribution in [-0.4, -0.2) is 36.1 Å². The number of rotatable bonds is 7. The molecule has 0 spiro atoms. The van der Waals surface area contributed by atoms with E-state index < -0.39 is 0 Å². The Morgan fingerprint density at radius 1 is 1.00 bits per heavy atom. The van der Waals surface area contributed by atoms with Gasteiger partial charge in [-0.3, -0.25) is 4.79 Å². The van der Waals surface area contributed by atoms with E-state index in [1.54, 1.807) is 26.4 Å². The Bertz CT molecular complexity index is 1170. The number of benzene rings is 2. The van der Waals surface area contributed by atoms with Crippen LogP contribution in [0.5, 0.6) is 11.5 Å². The molecule has 6 heteroatoms. The molecule has 1 amide bonds. The van der Waals surface area contributed by atoms with E-state index in [-0.39, 0.29) is 5.91 Å². The average Bonchev–Trinajstić information content (AvgIpc) is 3.23. The number of hydrogen-bond donors (Lipinski definition) is 1. The maximum atomic E-state index is 12.6. The van der Waals surface area contributed by atoms with Crippen molar-refractivity contribution >= 4 is 11.6 Å². The molecular formula is C24H23N3O3. The number of fused-ring (bicyclic) bond motifs is 1. The second-order valence-electron chi connectivity index (χ2n) is 6.87. The SMILES string of the molecule is COc1ccc(CCNC(=O)c2ccn3cc(-c4ccccc4)nc3c2)cc1OC. The standard InChI is InChI=1S/C24H23N3O3/c1-29-21-9-8-17(14-22(21)30-2)10-12-25-24(28)19-11-13-27-16-20(26-23(27)15-19)18-6-4-3-5-7-18/h3-9,11,13-16H,10,12H2,1-2H3,(H,25,28). The molecule has 0 unspecified atom stereocenters. The second-order valence-corrected chi connectivity index (χ2v) is 6.87. The van der Waals surface area contributed by atoms with Crippen LogP contribution in [0.4, 0.5) is 0 Å². The first-order valence-corrected chi connectivity index (χ1v) is 9.71. The summed E-state index contributed by atoms with van der Waals surface area (Å²) in [6, 6.07) is 19.3. The maximum Gasteiger partial charge on any atom is 0.251 e. The molecule has 2 heterocycles. The fourth-order valence-corrected chi connectivity index (χ4v) is 3.33. The van der Waals surface area contributed by atoms with E-state index in [9.17, 15) is 4.79 Å². The van der Waals surface area contributed by atoms with E-state index in [1.165, 1.54) is 0 Å². The van der Waals surface area contributed by atoms with Crippen molar-refractivity contribution in [3.63, 3.8) is 0 Å². The number of hydrogen-bond acceptors (Lipinski definition) is 4. The van der Waals surface area contributed by atoms with Gasteiger partial charge in [-0.2, -0.15) is 0 Å².